The molecule has 1 aromatic carbocycles. The van der Waals surface area contributed by atoms with Crippen molar-refractivity contribution in [2.45, 2.75) is 43.4 Å². The average molecular weight is 286 g/mol. The first-order valence-electron chi connectivity index (χ1n) is 6.86. The fourth-order valence-corrected chi connectivity index (χ4v) is 3.08. The maximum atomic E-state index is 9.36. The van der Waals surface area contributed by atoms with Crippen molar-refractivity contribution in [3.8, 4) is 6.07 Å². The third kappa shape index (κ3) is 2.97. The summed E-state index contributed by atoms with van der Waals surface area (Å²) in [4.78, 5) is 7.87. The number of nitriles is 1. The summed E-state index contributed by atoms with van der Waals surface area (Å²) in [6, 6.07) is 9.10. The molecule has 5 heteroatoms. The Kier molecular flexibility index (Phi) is 3.45. The number of thioether (sulfide) groups is 1. The van der Waals surface area contributed by atoms with Gasteiger partial charge in [0.1, 0.15) is 5.54 Å². The van der Waals surface area contributed by atoms with Gasteiger partial charge in [-0.3, -0.25) is 5.32 Å². The molecule has 20 heavy (non-hydrogen) atoms. The molecule has 0 aliphatic heterocycles. The normalized spacial score (nSPS) is 17.9. The van der Waals surface area contributed by atoms with Gasteiger partial charge in [0, 0.05) is 11.8 Å². The number of aryl methyl sites for hydroxylation is 1. The van der Waals surface area contributed by atoms with Crippen LogP contribution in [0.15, 0.2) is 23.4 Å². The Balaban J connectivity index is 1.70. The van der Waals surface area contributed by atoms with Crippen molar-refractivity contribution in [1.82, 2.24) is 15.3 Å². The number of hydrogen-bond acceptors (Lipinski definition) is 4. The van der Waals surface area contributed by atoms with Gasteiger partial charge in [-0.1, -0.05) is 17.8 Å². The lowest BCUT2D eigenvalue weighted by Crippen LogP contribution is -2.44. The summed E-state index contributed by atoms with van der Waals surface area (Å²) in [7, 11) is 0. The number of benzene rings is 1. The molecule has 1 aliphatic carbocycles. The molecule has 104 valence electrons. The zero-order valence-electron chi connectivity index (χ0n) is 11.7. The molecule has 1 saturated carbocycles. The Morgan fingerprint density at radius 3 is 3.05 bits per heavy atom. The van der Waals surface area contributed by atoms with E-state index < -0.39 is 5.54 Å². The van der Waals surface area contributed by atoms with Crippen molar-refractivity contribution in [2.24, 2.45) is 0 Å². The molecule has 1 atom stereocenters. The highest BCUT2D eigenvalue weighted by Crippen LogP contribution is 2.27. The molecular weight excluding hydrogens is 268 g/mol. The highest BCUT2D eigenvalue weighted by molar-refractivity contribution is 7.99. The first-order valence-corrected chi connectivity index (χ1v) is 7.85. The topological polar surface area (TPSA) is 64.5 Å². The minimum atomic E-state index is -0.485. The van der Waals surface area contributed by atoms with Gasteiger partial charge in [-0.2, -0.15) is 5.26 Å². The lowest BCUT2D eigenvalue weighted by Gasteiger charge is -2.22. The van der Waals surface area contributed by atoms with Crippen LogP contribution in [0.4, 0.5) is 0 Å². The number of nitrogens with zero attached hydrogens (tertiary/aromatic N) is 2. The fourth-order valence-electron chi connectivity index (χ4n) is 2.17. The van der Waals surface area contributed by atoms with Crippen LogP contribution in [-0.2, 0) is 0 Å². The average Bonchev–Trinajstić information content (AvgIpc) is 3.13. The largest absolute Gasteiger partial charge is 0.333 e. The van der Waals surface area contributed by atoms with Crippen LogP contribution in [0.5, 0.6) is 0 Å². The van der Waals surface area contributed by atoms with Gasteiger partial charge >= 0.3 is 0 Å². The van der Waals surface area contributed by atoms with Gasteiger partial charge in [0.05, 0.1) is 17.1 Å². The van der Waals surface area contributed by atoms with E-state index >= 15 is 0 Å². The van der Waals surface area contributed by atoms with Crippen molar-refractivity contribution in [1.29, 1.82) is 5.26 Å². The van der Waals surface area contributed by atoms with Gasteiger partial charge in [0.25, 0.3) is 0 Å². The second-order valence-electron chi connectivity index (χ2n) is 5.71. The van der Waals surface area contributed by atoms with E-state index in [1.807, 2.05) is 13.0 Å². The van der Waals surface area contributed by atoms with Crippen molar-refractivity contribution >= 4 is 22.8 Å². The summed E-state index contributed by atoms with van der Waals surface area (Å²) in [6.45, 7) is 4.03. The van der Waals surface area contributed by atoms with Crippen molar-refractivity contribution in [2.75, 3.05) is 5.75 Å². The van der Waals surface area contributed by atoms with E-state index in [2.05, 4.69) is 40.4 Å². The van der Waals surface area contributed by atoms with Crippen molar-refractivity contribution in [3.05, 3.63) is 23.8 Å². The van der Waals surface area contributed by atoms with Gasteiger partial charge in [0.15, 0.2) is 5.16 Å². The number of hydrogen-bond donors (Lipinski definition) is 2. The predicted molar refractivity (Wildman–Crippen MR) is 81.7 cm³/mol. The van der Waals surface area contributed by atoms with Crippen LogP contribution < -0.4 is 5.32 Å². The number of nitrogens with one attached hydrogen (secondary N) is 2. The van der Waals surface area contributed by atoms with Crippen LogP contribution >= 0.6 is 11.8 Å². The van der Waals surface area contributed by atoms with Gasteiger partial charge < -0.3 is 4.98 Å². The maximum Gasteiger partial charge on any atom is 0.166 e. The Morgan fingerprint density at radius 1 is 1.55 bits per heavy atom. The van der Waals surface area contributed by atoms with Crippen molar-refractivity contribution < 1.29 is 0 Å². The molecule has 1 heterocycles. The number of imidazole rings is 1. The van der Waals surface area contributed by atoms with E-state index in [1.165, 1.54) is 18.4 Å². The Hall–Kier alpha value is -1.51. The molecular formula is C15H18N4S. The zero-order valence-corrected chi connectivity index (χ0v) is 12.5. The first kappa shape index (κ1) is 13.5. The van der Waals surface area contributed by atoms with Crippen molar-refractivity contribution in [3.63, 3.8) is 0 Å². The van der Waals surface area contributed by atoms with Crippen LogP contribution in [0.3, 0.4) is 0 Å². The van der Waals surface area contributed by atoms with E-state index in [0.717, 1.165) is 16.2 Å². The first-order chi connectivity index (χ1) is 9.58. The Morgan fingerprint density at radius 2 is 2.35 bits per heavy atom. The number of fused-ring (bicyclic) bond motifs is 1. The minimum absolute atomic E-state index is 0.485. The maximum absolute atomic E-state index is 9.36. The molecule has 1 unspecified atom stereocenters. The molecule has 2 aromatic rings. The molecule has 0 amide bonds. The number of rotatable bonds is 5. The third-order valence-corrected chi connectivity index (χ3v) is 4.65. The SMILES string of the molecule is Cc1ccc2nc(SCC(C)(C#N)NC3CC3)[nH]c2c1. The van der Waals surface area contributed by atoms with Crippen LogP contribution in [-0.4, -0.2) is 27.3 Å². The summed E-state index contributed by atoms with van der Waals surface area (Å²) in [5, 5.41) is 13.6. The molecule has 3 rings (SSSR count). The van der Waals surface area contributed by atoms with Crippen LogP contribution in [0.1, 0.15) is 25.3 Å². The molecule has 0 saturated heterocycles. The van der Waals surface area contributed by atoms with Crippen LogP contribution in [0.25, 0.3) is 11.0 Å². The zero-order chi connectivity index (χ0) is 14.2. The summed E-state index contributed by atoms with van der Waals surface area (Å²) in [5.41, 5.74) is 2.77. The third-order valence-electron chi connectivity index (χ3n) is 3.46. The number of H-pyrrole nitrogens is 1. The predicted octanol–water partition coefficient (Wildman–Crippen LogP) is 3.00. The molecule has 2 N–H and O–H groups in total. The standard InChI is InChI=1S/C15H18N4S/c1-10-3-6-12-13(7-10)18-14(17-12)20-9-15(2,8-16)19-11-4-5-11/h3,6-7,11,19H,4-5,9H2,1-2H3,(H,17,18). The molecule has 0 radical (unpaired) electrons. The van der Waals surface area contributed by atoms with Gasteiger partial charge in [0.2, 0.25) is 0 Å². The van der Waals surface area contributed by atoms with Crippen LogP contribution in [0.2, 0.25) is 0 Å². The second kappa shape index (κ2) is 5.12. The Bertz CT molecular complexity index is 668. The Labute approximate surface area is 123 Å². The monoisotopic (exact) mass is 286 g/mol. The highest BCUT2D eigenvalue weighted by Gasteiger charge is 2.32. The number of aromatic amines is 1. The smallest absolute Gasteiger partial charge is 0.166 e. The molecule has 1 aromatic heterocycles. The molecule has 4 nitrogen and oxygen atoms in total. The highest BCUT2D eigenvalue weighted by atomic mass is 32.2. The quantitative estimate of drug-likeness (QED) is 0.829. The van der Waals surface area contributed by atoms with E-state index in [-0.39, 0.29) is 0 Å². The van der Waals surface area contributed by atoms with Gasteiger partial charge in [-0.15, -0.1) is 0 Å². The summed E-state index contributed by atoms with van der Waals surface area (Å²) in [5.74, 6) is 0.693. The molecule has 1 aliphatic rings. The van der Waals surface area contributed by atoms with Gasteiger partial charge in [-0.25, -0.2) is 4.98 Å². The molecule has 0 spiro atoms. The van der Waals surface area contributed by atoms with E-state index in [1.54, 1.807) is 11.8 Å². The summed E-state index contributed by atoms with van der Waals surface area (Å²) < 4.78 is 0. The number of aromatic nitrogens is 2. The second-order valence-corrected chi connectivity index (χ2v) is 6.68. The minimum Gasteiger partial charge on any atom is -0.333 e. The lowest BCUT2D eigenvalue weighted by molar-refractivity contribution is 0.490. The summed E-state index contributed by atoms with van der Waals surface area (Å²) in [6.07, 6.45) is 2.37. The summed E-state index contributed by atoms with van der Waals surface area (Å²) >= 11 is 1.60. The molecule has 0 bridgehead atoms. The van der Waals surface area contributed by atoms with E-state index in [0.29, 0.717) is 11.8 Å². The van der Waals surface area contributed by atoms with E-state index in [9.17, 15) is 5.26 Å². The van der Waals surface area contributed by atoms with E-state index in [4.69, 9.17) is 0 Å². The molecule has 1 fully saturated rings. The fraction of sp³-hybridized carbons (Fsp3) is 0.467. The van der Waals surface area contributed by atoms with Crippen LogP contribution in [0, 0.1) is 18.3 Å². The van der Waals surface area contributed by atoms with Gasteiger partial charge in [-0.05, 0) is 44.4 Å². The lowest BCUT2D eigenvalue weighted by atomic mass is 10.1.